The molecule has 8 heteroatoms. The molecule has 110 valence electrons. The first-order chi connectivity index (χ1) is 10.0. The zero-order valence-corrected chi connectivity index (χ0v) is 11.8. The minimum atomic E-state index is -3.62. The Labute approximate surface area is 120 Å². The monoisotopic (exact) mass is 307 g/mol. The molecule has 0 aliphatic rings. The minimum Gasteiger partial charge on any atom is -0.408 e. The van der Waals surface area contributed by atoms with Crippen molar-refractivity contribution < 1.29 is 12.8 Å². The lowest BCUT2D eigenvalue weighted by Crippen LogP contribution is -2.27. The highest BCUT2D eigenvalue weighted by Gasteiger charge is 2.15. The number of H-pyrrole nitrogens is 1. The second-order valence-corrected chi connectivity index (χ2v) is 6.26. The smallest absolute Gasteiger partial charge is 0.408 e. The summed E-state index contributed by atoms with van der Waals surface area (Å²) in [6, 6.07) is 7.97. The molecule has 0 atom stereocenters. The molecule has 2 heterocycles. The van der Waals surface area contributed by atoms with Crippen LogP contribution in [0.1, 0.15) is 0 Å². The molecule has 0 saturated carbocycles. The summed E-state index contributed by atoms with van der Waals surface area (Å²) in [4.78, 5) is 13.6. The van der Waals surface area contributed by atoms with E-state index >= 15 is 0 Å². The zero-order chi connectivity index (χ0) is 14.9. The summed E-state index contributed by atoms with van der Waals surface area (Å²) >= 11 is 0. The molecule has 3 rings (SSSR count). The standard InChI is InChI=1S/C13H13N3O4S/c17-13-15-11-9-10(3-4-12(11)20-13)21(18,19)14-5-8-16-6-1-2-7-16/h1-4,6-7,9,14H,5,8H2,(H,15,17). The van der Waals surface area contributed by atoms with E-state index in [4.69, 9.17) is 4.42 Å². The van der Waals surface area contributed by atoms with Crippen LogP contribution in [0.2, 0.25) is 0 Å². The van der Waals surface area contributed by atoms with Crippen LogP contribution in [-0.4, -0.2) is 24.5 Å². The van der Waals surface area contributed by atoms with Gasteiger partial charge in [0.2, 0.25) is 10.0 Å². The van der Waals surface area contributed by atoms with Crippen LogP contribution in [0.25, 0.3) is 11.1 Å². The molecule has 7 nitrogen and oxygen atoms in total. The van der Waals surface area contributed by atoms with Crippen LogP contribution in [0.3, 0.4) is 0 Å². The summed E-state index contributed by atoms with van der Waals surface area (Å²) in [5.74, 6) is -0.611. The summed E-state index contributed by atoms with van der Waals surface area (Å²) in [7, 11) is -3.62. The third-order valence-electron chi connectivity index (χ3n) is 3.03. The van der Waals surface area contributed by atoms with Crippen LogP contribution in [0.4, 0.5) is 0 Å². The van der Waals surface area contributed by atoms with E-state index in [9.17, 15) is 13.2 Å². The summed E-state index contributed by atoms with van der Waals surface area (Å²) in [5, 5.41) is 0. The first-order valence-corrected chi connectivity index (χ1v) is 7.76. The largest absolute Gasteiger partial charge is 0.417 e. The fraction of sp³-hybridized carbons (Fsp3) is 0.154. The average Bonchev–Trinajstić information content (AvgIpc) is 3.05. The van der Waals surface area contributed by atoms with Crippen LogP contribution < -0.4 is 10.5 Å². The molecule has 0 aliphatic heterocycles. The molecule has 2 aromatic heterocycles. The number of nitrogens with zero attached hydrogens (tertiary/aromatic N) is 1. The van der Waals surface area contributed by atoms with Gasteiger partial charge in [-0.15, -0.1) is 0 Å². The van der Waals surface area contributed by atoms with Gasteiger partial charge in [0, 0.05) is 25.5 Å². The van der Waals surface area contributed by atoms with E-state index < -0.39 is 15.8 Å². The molecule has 0 radical (unpaired) electrons. The summed E-state index contributed by atoms with van der Waals surface area (Å²) in [6.45, 7) is 0.813. The van der Waals surface area contributed by atoms with E-state index in [1.165, 1.54) is 18.2 Å². The molecule has 2 N–H and O–H groups in total. The number of aromatic nitrogens is 2. The maximum atomic E-state index is 12.2. The molecule has 0 fully saturated rings. The first kappa shape index (κ1) is 13.7. The van der Waals surface area contributed by atoms with Gasteiger partial charge in [-0.2, -0.15) is 0 Å². The SMILES string of the molecule is O=c1[nH]c2cc(S(=O)(=O)NCCn3cccc3)ccc2o1. The Morgan fingerprint density at radius 1 is 1.24 bits per heavy atom. The number of hydrogen-bond donors (Lipinski definition) is 2. The lowest BCUT2D eigenvalue weighted by molar-refractivity contribution is 0.555. The molecule has 0 unspecified atom stereocenters. The molecule has 21 heavy (non-hydrogen) atoms. The molecule has 0 spiro atoms. The Bertz CT molecular complexity index is 906. The molecule has 0 amide bonds. The lowest BCUT2D eigenvalue weighted by Gasteiger charge is -2.07. The van der Waals surface area contributed by atoms with Gasteiger partial charge in [0.05, 0.1) is 10.4 Å². The molecular weight excluding hydrogens is 294 g/mol. The number of sulfonamides is 1. The van der Waals surface area contributed by atoms with Crippen LogP contribution in [0, 0.1) is 0 Å². The van der Waals surface area contributed by atoms with Gasteiger partial charge in [-0.1, -0.05) is 0 Å². The predicted octanol–water partition coefficient (Wildman–Crippen LogP) is 0.901. The Hall–Kier alpha value is -2.32. The van der Waals surface area contributed by atoms with Crippen molar-refractivity contribution in [3.8, 4) is 0 Å². The topological polar surface area (TPSA) is 97.1 Å². The van der Waals surface area contributed by atoms with E-state index in [1.807, 2.05) is 29.1 Å². The lowest BCUT2D eigenvalue weighted by atomic mass is 10.3. The molecule has 1 aromatic carbocycles. The number of fused-ring (bicyclic) bond motifs is 1. The number of oxazole rings is 1. The van der Waals surface area contributed by atoms with Crippen LogP contribution in [0.5, 0.6) is 0 Å². The van der Waals surface area contributed by atoms with Gasteiger partial charge in [-0.3, -0.25) is 4.98 Å². The second-order valence-electron chi connectivity index (χ2n) is 4.49. The van der Waals surface area contributed by atoms with E-state index in [0.29, 0.717) is 17.6 Å². The second kappa shape index (κ2) is 5.23. The summed E-state index contributed by atoms with van der Waals surface area (Å²) in [6.07, 6.45) is 3.72. The van der Waals surface area contributed by atoms with Gasteiger partial charge < -0.3 is 8.98 Å². The minimum absolute atomic E-state index is 0.0829. The highest BCUT2D eigenvalue weighted by molar-refractivity contribution is 7.89. The summed E-state index contributed by atoms with van der Waals surface area (Å²) in [5.41, 5.74) is 0.680. The third kappa shape index (κ3) is 2.91. The van der Waals surface area contributed by atoms with Crippen molar-refractivity contribution in [3.05, 3.63) is 53.3 Å². The third-order valence-corrected chi connectivity index (χ3v) is 4.49. The van der Waals surface area contributed by atoms with Gasteiger partial charge in [-0.25, -0.2) is 17.9 Å². The Morgan fingerprint density at radius 3 is 2.76 bits per heavy atom. The maximum Gasteiger partial charge on any atom is 0.417 e. The van der Waals surface area contributed by atoms with E-state index in [1.54, 1.807) is 0 Å². The zero-order valence-electron chi connectivity index (χ0n) is 10.9. The Kier molecular flexibility index (Phi) is 3.40. The van der Waals surface area contributed by atoms with Crippen molar-refractivity contribution in [1.29, 1.82) is 0 Å². The van der Waals surface area contributed by atoms with Gasteiger partial charge in [0.15, 0.2) is 5.58 Å². The van der Waals surface area contributed by atoms with Gasteiger partial charge >= 0.3 is 5.76 Å². The predicted molar refractivity (Wildman–Crippen MR) is 76.5 cm³/mol. The average molecular weight is 307 g/mol. The van der Waals surface area contributed by atoms with E-state index in [-0.39, 0.29) is 11.4 Å². The van der Waals surface area contributed by atoms with Crippen LogP contribution in [-0.2, 0) is 16.6 Å². The maximum absolute atomic E-state index is 12.2. The fourth-order valence-corrected chi connectivity index (χ4v) is 3.06. The molecule has 3 aromatic rings. The molecule has 0 bridgehead atoms. The quantitative estimate of drug-likeness (QED) is 0.732. The number of nitrogens with one attached hydrogen (secondary N) is 2. The van der Waals surface area contributed by atoms with Crippen molar-refractivity contribution in [2.45, 2.75) is 11.4 Å². The number of rotatable bonds is 5. The van der Waals surface area contributed by atoms with Crippen molar-refractivity contribution in [2.24, 2.45) is 0 Å². The van der Waals surface area contributed by atoms with Crippen molar-refractivity contribution in [3.63, 3.8) is 0 Å². The van der Waals surface area contributed by atoms with Crippen molar-refractivity contribution in [2.75, 3.05) is 6.54 Å². The number of hydrogen-bond acceptors (Lipinski definition) is 4. The van der Waals surface area contributed by atoms with E-state index in [0.717, 1.165) is 0 Å². The highest BCUT2D eigenvalue weighted by atomic mass is 32.2. The van der Waals surface area contributed by atoms with Gasteiger partial charge in [0.25, 0.3) is 0 Å². The number of aromatic amines is 1. The highest BCUT2D eigenvalue weighted by Crippen LogP contribution is 2.16. The Balaban J connectivity index is 1.77. The molecule has 0 aliphatic carbocycles. The van der Waals surface area contributed by atoms with Crippen molar-refractivity contribution >= 4 is 21.1 Å². The fourth-order valence-electron chi connectivity index (χ4n) is 2.01. The van der Waals surface area contributed by atoms with Crippen LogP contribution >= 0.6 is 0 Å². The van der Waals surface area contributed by atoms with Crippen LogP contribution in [0.15, 0.2) is 56.8 Å². The van der Waals surface area contributed by atoms with E-state index in [2.05, 4.69) is 9.71 Å². The first-order valence-electron chi connectivity index (χ1n) is 6.28. The molecule has 0 saturated heterocycles. The Morgan fingerprint density at radius 2 is 2.00 bits per heavy atom. The van der Waals surface area contributed by atoms with Crippen molar-refractivity contribution in [1.82, 2.24) is 14.3 Å². The van der Waals surface area contributed by atoms with Gasteiger partial charge in [-0.05, 0) is 30.3 Å². The molecular formula is C13H13N3O4S. The summed E-state index contributed by atoms with van der Waals surface area (Å²) < 4.78 is 33.6. The normalized spacial score (nSPS) is 12.0. The van der Waals surface area contributed by atoms with Gasteiger partial charge in [0.1, 0.15) is 0 Å². The number of benzene rings is 1.